The van der Waals surface area contributed by atoms with Crippen molar-refractivity contribution < 1.29 is 4.74 Å². The highest BCUT2D eigenvalue weighted by atomic mass is 32.1. The fourth-order valence-electron chi connectivity index (χ4n) is 1.85. The summed E-state index contributed by atoms with van der Waals surface area (Å²) in [5, 5.41) is 6.34. The lowest BCUT2D eigenvalue weighted by molar-refractivity contribution is 0.340. The van der Waals surface area contributed by atoms with Gasteiger partial charge in [0.2, 0.25) is 0 Å². The predicted molar refractivity (Wildman–Crippen MR) is 76.2 cm³/mol. The average Bonchev–Trinajstić information content (AvgIpc) is 2.78. The van der Waals surface area contributed by atoms with Gasteiger partial charge in [-0.1, -0.05) is 0 Å². The zero-order chi connectivity index (χ0) is 13.0. The third kappa shape index (κ3) is 2.89. The van der Waals surface area contributed by atoms with E-state index in [9.17, 15) is 0 Å². The fraction of sp³-hybridized carbons (Fsp3) is 0.357. The van der Waals surface area contributed by atoms with Crippen LogP contribution in [-0.2, 0) is 6.54 Å². The SMILES string of the molecule is CCOc1ccc(-c2csc(CNC)n2)c(C)c1. The van der Waals surface area contributed by atoms with Crippen LogP contribution in [0, 0.1) is 6.92 Å². The van der Waals surface area contributed by atoms with Crippen molar-refractivity contribution in [3.8, 4) is 17.0 Å². The lowest BCUT2D eigenvalue weighted by Gasteiger charge is -2.07. The third-order valence-corrected chi connectivity index (χ3v) is 3.51. The summed E-state index contributed by atoms with van der Waals surface area (Å²) in [5.41, 5.74) is 3.42. The minimum atomic E-state index is 0.696. The first kappa shape index (κ1) is 13.1. The Morgan fingerprint density at radius 1 is 1.39 bits per heavy atom. The topological polar surface area (TPSA) is 34.1 Å². The minimum absolute atomic E-state index is 0.696. The number of hydrogen-bond acceptors (Lipinski definition) is 4. The van der Waals surface area contributed by atoms with E-state index in [1.807, 2.05) is 20.0 Å². The molecule has 0 aliphatic rings. The van der Waals surface area contributed by atoms with Gasteiger partial charge in [-0.3, -0.25) is 0 Å². The minimum Gasteiger partial charge on any atom is -0.494 e. The van der Waals surface area contributed by atoms with Gasteiger partial charge in [-0.25, -0.2) is 4.98 Å². The van der Waals surface area contributed by atoms with E-state index in [1.165, 1.54) is 11.1 Å². The molecule has 0 spiro atoms. The van der Waals surface area contributed by atoms with Crippen LogP contribution in [0.25, 0.3) is 11.3 Å². The van der Waals surface area contributed by atoms with Gasteiger partial charge in [0.25, 0.3) is 0 Å². The molecule has 1 aromatic heterocycles. The average molecular weight is 262 g/mol. The summed E-state index contributed by atoms with van der Waals surface area (Å²) in [4.78, 5) is 4.62. The molecule has 0 saturated heterocycles. The lowest BCUT2D eigenvalue weighted by Crippen LogP contribution is -2.04. The Balaban J connectivity index is 2.26. The molecule has 4 heteroatoms. The van der Waals surface area contributed by atoms with Crippen LogP contribution in [0.2, 0.25) is 0 Å². The molecule has 0 atom stereocenters. The number of rotatable bonds is 5. The van der Waals surface area contributed by atoms with Crippen LogP contribution in [0.1, 0.15) is 17.5 Å². The molecular formula is C14H18N2OS. The van der Waals surface area contributed by atoms with Crippen LogP contribution in [0.4, 0.5) is 0 Å². The number of thiazole rings is 1. The highest BCUT2D eigenvalue weighted by Gasteiger charge is 2.07. The summed E-state index contributed by atoms with van der Waals surface area (Å²) in [6.45, 7) is 5.60. The molecule has 0 unspecified atom stereocenters. The smallest absolute Gasteiger partial charge is 0.119 e. The van der Waals surface area contributed by atoms with Gasteiger partial charge in [0, 0.05) is 17.5 Å². The molecule has 0 fully saturated rings. The Morgan fingerprint density at radius 3 is 2.89 bits per heavy atom. The first-order valence-electron chi connectivity index (χ1n) is 6.07. The quantitative estimate of drug-likeness (QED) is 0.898. The van der Waals surface area contributed by atoms with Crippen LogP contribution in [0.5, 0.6) is 5.75 Å². The number of nitrogens with one attached hydrogen (secondary N) is 1. The highest BCUT2D eigenvalue weighted by Crippen LogP contribution is 2.28. The molecule has 0 radical (unpaired) electrons. The van der Waals surface area contributed by atoms with Crippen molar-refractivity contribution in [3.05, 3.63) is 34.2 Å². The normalized spacial score (nSPS) is 10.6. The van der Waals surface area contributed by atoms with Gasteiger partial charge < -0.3 is 10.1 Å². The molecule has 0 saturated carbocycles. The Labute approximate surface area is 112 Å². The monoisotopic (exact) mass is 262 g/mol. The van der Waals surface area contributed by atoms with E-state index in [0.717, 1.165) is 23.0 Å². The summed E-state index contributed by atoms with van der Waals surface area (Å²) in [6.07, 6.45) is 0. The maximum absolute atomic E-state index is 5.49. The van der Waals surface area contributed by atoms with Gasteiger partial charge in [0.1, 0.15) is 10.8 Å². The molecule has 0 aliphatic heterocycles. The van der Waals surface area contributed by atoms with Crippen molar-refractivity contribution in [2.24, 2.45) is 0 Å². The number of ether oxygens (including phenoxy) is 1. The maximum Gasteiger partial charge on any atom is 0.119 e. The molecule has 1 N–H and O–H groups in total. The largest absolute Gasteiger partial charge is 0.494 e. The zero-order valence-electron chi connectivity index (χ0n) is 11.0. The van der Waals surface area contributed by atoms with E-state index in [-0.39, 0.29) is 0 Å². The summed E-state index contributed by atoms with van der Waals surface area (Å²) in [5.74, 6) is 0.921. The highest BCUT2D eigenvalue weighted by molar-refractivity contribution is 7.09. The molecule has 96 valence electrons. The van der Waals surface area contributed by atoms with Crippen molar-refractivity contribution in [2.75, 3.05) is 13.7 Å². The third-order valence-electron chi connectivity index (χ3n) is 2.66. The van der Waals surface area contributed by atoms with Crippen molar-refractivity contribution in [2.45, 2.75) is 20.4 Å². The van der Waals surface area contributed by atoms with Gasteiger partial charge >= 0.3 is 0 Å². The molecule has 2 rings (SSSR count). The van der Waals surface area contributed by atoms with Crippen LogP contribution in [0.3, 0.4) is 0 Å². The Bertz CT molecular complexity index is 522. The summed E-state index contributed by atoms with van der Waals surface area (Å²) < 4.78 is 5.49. The van der Waals surface area contributed by atoms with E-state index in [0.29, 0.717) is 6.61 Å². The standard InChI is InChI=1S/C14H18N2OS/c1-4-17-11-5-6-12(10(2)7-11)13-9-18-14(16-13)8-15-3/h5-7,9,15H,4,8H2,1-3H3. The second-order valence-corrected chi connectivity index (χ2v) is 5.01. The zero-order valence-corrected chi connectivity index (χ0v) is 11.8. The fourth-order valence-corrected chi connectivity index (χ4v) is 2.65. The number of benzene rings is 1. The molecule has 1 heterocycles. The Morgan fingerprint density at radius 2 is 2.22 bits per heavy atom. The lowest BCUT2D eigenvalue weighted by atomic mass is 10.1. The summed E-state index contributed by atoms with van der Waals surface area (Å²) in [7, 11) is 1.93. The van der Waals surface area contributed by atoms with E-state index < -0.39 is 0 Å². The van der Waals surface area contributed by atoms with E-state index in [4.69, 9.17) is 4.74 Å². The molecule has 3 nitrogen and oxygen atoms in total. The first-order chi connectivity index (χ1) is 8.74. The van der Waals surface area contributed by atoms with Crippen LogP contribution in [-0.4, -0.2) is 18.6 Å². The second kappa shape index (κ2) is 5.98. The van der Waals surface area contributed by atoms with E-state index >= 15 is 0 Å². The number of hydrogen-bond donors (Lipinski definition) is 1. The van der Waals surface area contributed by atoms with Crippen LogP contribution < -0.4 is 10.1 Å². The summed E-state index contributed by atoms with van der Waals surface area (Å²) in [6, 6.07) is 6.15. The summed E-state index contributed by atoms with van der Waals surface area (Å²) >= 11 is 1.69. The van der Waals surface area contributed by atoms with Crippen LogP contribution in [0.15, 0.2) is 23.6 Å². The second-order valence-electron chi connectivity index (χ2n) is 4.07. The predicted octanol–water partition coefficient (Wildman–Crippen LogP) is 3.24. The van der Waals surface area contributed by atoms with Crippen molar-refractivity contribution in [3.63, 3.8) is 0 Å². The molecule has 0 aliphatic carbocycles. The molecule has 0 amide bonds. The van der Waals surface area contributed by atoms with E-state index in [1.54, 1.807) is 11.3 Å². The van der Waals surface area contributed by atoms with Crippen molar-refractivity contribution in [1.82, 2.24) is 10.3 Å². The van der Waals surface area contributed by atoms with Gasteiger partial charge in [0.05, 0.1) is 12.3 Å². The number of nitrogens with zero attached hydrogens (tertiary/aromatic N) is 1. The number of aromatic nitrogens is 1. The Hall–Kier alpha value is -1.39. The number of aryl methyl sites for hydroxylation is 1. The van der Waals surface area contributed by atoms with Gasteiger partial charge in [-0.15, -0.1) is 11.3 Å². The maximum atomic E-state index is 5.49. The van der Waals surface area contributed by atoms with Gasteiger partial charge in [0.15, 0.2) is 0 Å². The van der Waals surface area contributed by atoms with Crippen molar-refractivity contribution >= 4 is 11.3 Å². The molecule has 0 bridgehead atoms. The van der Waals surface area contributed by atoms with Gasteiger partial charge in [-0.05, 0) is 44.7 Å². The van der Waals surface area contributed by atoms with Crippen molar-refractivity contribution in [1.29, 1.82) is 0 Å². The van der Waals surface area contributed by atoms with Crippen LogP contribution >= 0.6 is 11.3 Å². The Kier molecular flexibility index (Phi) is 4.33. The first-order valence-corrected chi connectivity index (χ1v) is 6.95. The molecule has 2 aromatic rings. The molecule has 18 heavy (non-hydrogen) atoms. The van der Waals surface area contributed by atoms with E-state index in [2.05, 4.69) is 34.7 Å². The molecular weight excluding hydrogens is 244 g/mol. The van der Waals surface area contributed by atoms with Gasteiger partial charge in [-0.2, -0.15) is 0 Å². The molecule has 1 aromatic carbocycles.